The van der Waals surface area contributed by atoms with E-state index in [1.54, 1.807) is 13.0 Å². The monoisotopic (exact) mass is 428 g/mol. The first-order valence-corrected chi connectivity index (χ1v) is 10.9. The van der Waals surface area contributed by atoms with Crippen LogP contribution >= 0.6 is 0 Å². The van der Waals surface area contributed by atoms with Gasteiger partial charge in [-0.05, 0) is 55.5 Å². The molecule has 3 N–H and O–H groups in total. The first-order chi connectivity index (χ1) is 14.2. The van der Waals surface area contributed by atoms with E-state index in [9.17, 15) is 23.1 Å². The van der Waals surface area contributed by atoms with Crippen LogP contribution in [-0.2, 0) is 19.6 Å². The number of fused-ring (bicyclic) bond motifs is 2. The van der Waals surface area contributed by atoms with Crippen LogP contribution in [0, 0.1) is 30.6 Å². The average molecular weight is 428 g/mol. The lowest BCUT2D eigenvalue weighted by Crippen LogP contribution is -2.36. The van der Waals surface area contributed by atoms with Gasteiger partial charge in [-0.2, -0.15) is 0 Å². The lowest BCUT2D eigenvalue weighted by molar-refractivity contribution is -0.146. The van der Waals surface area contributed by atoms with Gasteiger partial charge in [0.1, 0.15) is 0 Å². The van der Waals surface area contributed by atoms with Crippen LogP contribution in [0.15, 0.2) is 53.6 Å². The van der Waals surface area contributed by atoms with Crippen molar-refractivity contribution in [2.45, 2.75) is 18.2 Å². The van der Waals surface area contributed by atoms with Gasteiger partial charge in [0, 0.05) is 17.6 Å². The summed E-state index contributed by atoms with van der Waals surface area (Å²) in [6.45, 7) is 1.72. The van der Waals surface area contributed by atoms with Gasteiger partial charge < -0.3 is 10.4 Å². The largest absolute Gasteiger partial charge is 0.481 e. The minimum Gasteiger partial charge on any atom is -0.481 e. The molecule has 1 saturated carbocycles. The minimum absolute atomic E-state index is 0.0168. The number of hydrogen-bond acceptors (Lipinski definition) is 6. The molecule has 2 bridgehead atoms. The summed E-state index contributed by atoms with van der Waals surface area (Å²) in [5.41, 5.74) is 1.01. The smallest absolute Gasteiger partial charge is 0.307 e. The van der Waals surface area contributed by atoms with Crippen molar-refractivity contribution in [3.05, 3.63) is 54.4 Å². The maximum atomic E-state index is 12.7. The fourth-order valence-corrected chi connectivity index (χ4v) is 5.09. The van der Waals surface area contributed by atoms with Gasteiger partial charge in [-0.3, -0.25) is 9.59 Å². The Morgan fingerprint density at radius 2 is 1.73 bits per heavy atom. The molecule has 1 aromatic carbocycles. The van der Waals surface area contributed by atoms with Gasteiger partial charge in [0.2, 0.25) is 11.9 Å². The molecular weight excluding hydrogens is 408 g/mol. The maximum Gasteiger partial charge on any atom is 0.307 e. The number of sulfonamides is 1. The highest BCUT2D eigenvalue weighted by molar-refractivity contribution is 7.92. The van der Waals surface area contributed by atoms with Crippen LogP contribution in [0.2, 0.25) is 0 Å². The number of aromatic nitrogens is 2. The summed E-state index contributed by atoms with van der Waals surface area (Å²) in [5.74, 6) is -2.96. The molecule has 0 unspecified atom stereocenters. The van der Waals surface area contributed by atoms with Gasteiger partial charge in [-0.15, -0.1) is 0 Å². The summed E-state index contributed by atoms with van der Waals surface area (Å²) in [5, 5.41) is 12.2. The normalized spacial score (nSPS) is 24.6. The van der Waals surface area contributed by atoms with Crippen molar-refractivity contribution in [2.75, 3.05) is 10.0 Å². The summed E-state index contributed by atoms with van der Waals surface area (Å²) in [4.78, 5) is 32.2. The third-order valence-corrected chi connectivity index (χ3v) is 6.84. The number of benzene rings is 1. The molecule has 10 heteroatoms. The molecule has 4 rings (SSSR count). The molecule has 156 valence electrons. The lowest BCUT2D eigenvalue weighted by atomic mass is 9.82. The fraction of sp³-hybridized carbons (Fsp3) is 0.300. The van der Waals surface area contributed by atoms with Gasteiger partial charge >= 0.3 is 5.97 Å². The number of carbonyl (C=O) groups excluding carboxylic acids is 1. The standard InChI is InChI=1S/C20H20N4O5S/c1-11-8-9-21-20(22-11)24-30(28,29)15-6-4-14(5-7-15)23-18(25)16-12-2-3-13(10-12)17(16)19(26)27/h2-9,12-13,16-17H,10H2,1H3,(H,23,25)(H,26,27)(H,21,22,24)/t12-,13-,16-,17+/m0/s1. The topological polar surface area (TPSA) is 138 Å². The number of hydrogen-bond donors (Lipinski definition) is 3. The average Bonchev–Trinajstić information content (AvgIpc) is 3.29. The molecule has 0 radical (unpaired) electrons. The minimum atomic E-state index is -3.89. The van der Waals surface area contributed by atoms with Crippen LogP contribution in [0.25, 0.3) is 0 Å². The van der Waals surface area contributed by atoms with Crippen molar-refractivity contribution in [1.82, 2.24) is 9.97 Å². The van der Waals surface area contributed by atoms with E-state index in [0.717, 1.165) is 0 Å². The maximum absolute atomic E-state index is 12.7. The second-order valence-electron chi connectivity index (χ2n) is 7.48. The van der Waals surface area contributed by atoms with Crippen LogP contribution < -0.4 is 10.0 Å². The molecule has 2 aliphatic rings. The van der Waals surface area contributed by atoms with E-state index in [1.165, 1.54) is 30.5 Å². The summed E-state index contributed by atoms with van der Waals surface area (Å²) < 4.78 is 27.3. The second-order valence-corrected chi connectivity index (χ2v) is 9.16. The number of anilines is 2. The van der Waals surface area contributed by atoms with Gasteiger partial charge in [0.05, 0.1) is 16.7 Å². The highest BCUT2D eigenvalue weighted by atomic mass is 32.2. The number of carbonyl (C=O) groups is 2. The Labute approximate surface area is 173 Å². The molecule has 0 aliphatic heterocycles. The molecule has 2 aliphatic carbocycles. The summed E-state index contributed by atoms with van der Waals surface area (Å²) in [7, 11) is -3.89. The lowest BCUT2D eigenvalue weighted by Gasteiger charge is -2.23. The third kappa shape index (κ3) is 3.78. The van der Waals surface area contributed by atoms with Crippen molar-refractivity contribution >= 4 is 33.5 Å². The highest BCUT2D eigenvalue weighted by Gasteiger charge is 2.51. The van der Waals surface area contributed by atoms with E-state index in [2.05, 4.69) is 20.0 Å². The Kier molecular flexibility index (Phi) is 5.02. The van der Waals surface area contributed by atoms with E-state index in [-0.39, 0.29) is 28.6 Å². The second kappa shape index (κ2) is 7.52. The first-order valence-electron chi connectivity index (χ1n) is 9.39. The first kappa shape index (κ1) is 20.0. The van der Waals surface area contributed by atoms with Gasteiger partial charge in [-0.25, -0.2) is 23.1 Å². The van der Waals surface area contributed by atoms with E-state index in [1.807, 2.05) is 12.2 Å². The Balaban J connectivity index is 1.46. The molecule has 1 fully saturated rings. The molecule has 2 aromatic rings. The zero-order chi connectivity index (χ0) is 21.5. The van der Waals surface area contributed by atoms with E-state index in [0.29, 0.717) is 17.8 Å². The molecule has 1 aromatic heterocycles. The number of nitrogens with zero attached hydrogens (tertiary/aromatic N) is 2. The van der Waals surface area contributed by atoms with Gasteiger partial charge in [0.25, 0.3) is 10.0 Å². The molecule has 4 atom stereocenters. The van der Waals surface area contributed by atoms with Crippen molar-refractivity contribution in [3.8, 4) is 0 Å². The van der Waals surface area contributed by atoms with E-state index < -0.39 is 27.8 Å². The van der Waals surface area contributed by atoms with Crippen molar-refractivity contribution in [2.24, 2.45) is 23.7 Å². The number of allylic oxidation sites excluding steroid dienone is 2. The molecule has 30 heavy (non-hydrogen) atoms. The Morgan fingerprint density at radius 3 is 2.37 bits per heavy atom. The molecule has 1 amide bonds. The van der Waals surface area contributed by atoms with Crippen LogP contribution in [0.4, 0.5) is 11.6 Å². The molecule has 0 spiro atoms. The van der Waals surface area contributed by atoms with E-state index >= 15 is 0 Å². The van der Waals surface area contributed by atoms with E-state index in [4.69, 9.17) is 0 Å². The zero-order valence-electron chi connectivity index (χ0n) is 16.0. The summed E-state index contributed by atoms with van der Waals surface area (Å²) >= 11 is 0. The number of carboxylic acids is 1. The van der Waals surface area contributed by atoms with Crippen molar-refractivity contribution in [1.29, 1.82) is 0 Å². The van der Waals surface area contributed by atoms with Crippen molar-refractivity contribution in [3.63, 3.8) is 0 Å². The Hall–Kier alpha value is -3.27. The zero-order valence-corrected chi connectivity index (χ0v) is 16.8. The number of amides is 1. The number of rotatable bonds is 6. The number of carboxylic acid groups (broad SMARTS) is 1. The predicted molar refractivity (Wildman–Crippen MR) is 108 cm³/mol. The van der Waals surface area contributed by atoms with Crippen molar-refractivity contribution < 1.29 is 23.1 Å². The summed E-state index contributed by atoms with van der Waals surface area (Å²) in [6.07, 6.45) is 5.90. The molecular formula is C20H20N4O5S. The summed E-state index contributed by atoms with van der Waals surface area (Å²) in [6, 6.07) is 7.27. The SMILES string of the molecule is Cc1ccnc(NS(=O)(=O)c2ccc(NC(=O)[C@@H]3[C@H](C(=O)O)[C@H]4C=C[C@H]3C4)cc2)n1. The van der Waals surface area contributed by atoms with Gasteiger partial charge in [0.15, 0.2) is 0 Å². The van der Waals surface area contributed by atoms with Crippen LogP contribution in [0.3, 0.4) is 0 Å². The van der Waals surface area contributed by atoms with Crippen LogP contribution in [-0.4, -0.2) is 35.4 Å². The number of aryl methyl sites for hydroxylation is 1. The van der Waals surface area contributed by atoms with Gasteiger partial charge in [-0.1, -0.05) is 12.2 Å². The fourth-order valence-electron chi connectivity index (χ4n) is 4.14. The van der Waals surface area contributed by atoms with Crippen LogP contribution in [0.1, 0.15) is 12.1 Å². The number of aliphatic carboxylic acids is 1. The molecule has 1 heterocycles. The molecule has 0 saturated heterocycles. The Bertz CT molecular complexity index is 1130. The number of nitrogens with one attached hydrogen (secondary N) is 2. The quantitative estimate of drug-likeness (QED) is 0.599. The highest BCUT2D eigenvalue weighted by Crippen LogP contribution is 2.48. The van der Waals surface area contributed by atoms with Crippen LogP contribution in [0.5, 0.6) is 0 Å². The third-order valence-electron chi connectivity index (χ3n) is 5.50. The Morgan fingerprint density at radius 1 is 1.07 bits per heavy atom. The predicted octanol–water partition coefficient (Wildman–Crippen LogP) is 2.05. The molecule has 9 nitrogen and oxygen atoms in total.